The fraction of sp³-hybridized carbons (Fsp3) is 0.625. The summed E-state index contributed by atoms with van der Waals surface area (Å²) in [5.41, 5.74) is 2.00. The van der Waals surface area contributed by atoms with E-state index in [-0.39, 0.29) is 5.91 Å². The van der Waals surface area contributed by atoms with Gasteiger partial charge in [-0.3, -0.25) is 4.79 Å². The van der Waals surface area contributed by atoms with Gasteiger partial charge < -0.3 is 9.64 Å². The van der Waals surface area contributed by atoms with Crippen LogP contribution in [0.4, 0.5) is 0 Å². The average molecular weight is 306 g/mol. The highest BCUT2D eigenvalue weighted by molar-refractivity contribution is 7.09. The number of hydrogen-bond acceptors (Lipinski definition) is 4. The molecule has 1 unspecified atom stereocenters. The summed E-state index contributed by atoms with van der Waals surface area (Å²) in [5.74, 6) is 0.560. The molecule has 4 nitrogen and oxygen atoms in total. The van der Waals surface area contributed by atoms with Crippen molar-refractivity contribution < 1.29 is 9.53 Å². The van der Waals surface area contributed by atoms with Gasteiger partial charge in [-0.15, -0.1) is 11.3 Å². The second-order valence-electron chi connectivity index (χ2n) is 5.74. The molecule has 0 bridgehead atoms. The molecule has 1 fully saturated rings. The first-order chi connectivity index (χ1) is 10.3. The number of likely N-dealkylation sites (tertiary alicyclic amines) is 1. The van der Waals surface area contributed by atoms with Gasteiger partial charge in [0.25, 0.3) is 5.91 Å². The van der Waals surface area contributed by atoms with Crippen LogP contribution in [0.2, 0.25) is 0 Å². The lowest BCUT2D eigenvalue weighted by Crippen LogP contribution is -2.40. The Morgan fingerprint density at radius 3 is 3.14 bits per heavy atom. The number of amides is 1. The molecule has 2 aliphatic heterocycles. The van der Waals surface area contributed by atoms with E-state index in [9.17, 15) is 4.79 Å². The van der Waals surface area contributed by atoms with Crippen molar-refractivity contribution in [1.82, 2.24) is 9.88 Å². The molecule has 114 valence electrons. The number of aryl methyl sites for hydroxylation is 1. The van der Waals surface area contributed by atoms with Crippen LogP contribution in [0.3, 0.4) is 0 Å². The summed E-state index contributed by atoms with van der Waals surface area (Å²) >= 11 is 1.74. The van der Waals surface area contributed by atoms with Crippen molar-refractivity contribution >= 4 is 17.2 Å². The summed E-state index contributed by atoms with van der Waals surface area (Å²) in [6.45, 7) is 4.52. The highest BCUT2D eigenvalue weighted by Gasteiger charge is 2.28. The monoisotopic (exact) mass is 306 g/mol. The van der Waals surface area contributed by atoms with Crippen molar-refractivity contribution in [2.75, 3.05) is 19.7 Å². The number of carbonyl (C=O) groups excluding carboxylic acids is 1. The van der Waals surface area contributed by atoms with Gasteiger partial charge in [-0.1, -0.05) is 6.92 Å². The zero-order valence-electron chi connectivity index (χ0n) is 12.5. The molecule has 3 rings (SSSR count). The van der Waals surface area contributed by atoms with Crippen molar-refractivity contribution in [2.24, 2.45) is 0 Å². The van der Waals surface area contributed by atoms with Gasteiger partial charge in [-0.2, -0.15) is 0 Å². The van der Waals surface area contributed by atoms with E-state index in [4.69, 9.17) is 9.72 Å². The molecular weight excluding hydrogens is 284 g/mol. The van der Waals surface area contributed by atoms with E-state index in [0.29, 0.717) is 5.92 Å². The average Bonchev–Trinajstić information content (AvgIpc) is 3.04. The molecule has 1 amide bonds. The molecule has 0 aliphatic carbocycles. The van der Waals surface area contributed by atoms with Crippen LogP contribution in [-0.2, 0) is 16.0 Å². The fourth-order valence-electron chi connectivity index (χ4n) is 2.96. The van der Waals surface area contributed by atoms with Gasteiger partial charge in [-0.25, -0.2) is 4.98 Å². The molecule has 1 aromatic heterocycles. The van der Waals surface area contributed by atoms with Crippen molar-refractivity contribution in [3.05, 3.63) is 27.9 Å². The Balaban J connectivity index is 1.67. The maximum absolute atomic E-state index is 12.6. The maximum Gasteiger partial charge on any atom is 0.252 e. The van der Waals surface area contributed by atoms with Crippen LogP contribution in [0.1, 0.15) is 49.2 Å². The third-order valence-corrected chi connectivity index (χ3v) is 5.25. The van der Waals surface area contributed by atoms with Gasteiger partial charge >= 0.3 is 0 Å². The summed E-state index contributed by atoms with van der Waals surface area (Å²) in [5, 5.41) is 3.34. The van der Waals surface area contributed by atoms with Crippen molar-refractivity contribution in [1.29, 1.82) is 0 Å². The highest BCUT2D eigenvalue weighted by atomic mass is 32.1. The Morgan fingerprint density at radius 1 is 1.52 bits per heavy atom. The summed E-state index contributed by atoms with van der Waals surface area (Å²) in [7, 11) is 0. The molecule has 3 heterocycles. The number of nitrogens with zero attached hydrogens (tertiary/aromatic N) is 2. The lowest BCUT2D eigenvalue weighted by atomic mass is 9.97. The van der Waals surface area contributed by atoms with Crippen LogP contribution in [-0.4, -0.2) is 35.5 Å². The third kappa shape index (κ3) is 3.28. The number of thiazole rings is 1. The number of ether oxygens (including phenoxy) is 1. The topological polar surface area (TPSA) is 42.4 Å². The van der Waals surface area contributed by atoms with Gasteiger partial charge in [0.2, 0.25) is 0 Å². The third-order valence-electron chi connectivity index (χ3n) is 4.20. The summed E-state index contributed by atoms with van der Waals surface area (Å²) in [6, 6.07) is 0. The normalized spacial score (nSPS) is 22.6. The molecule has 1 aromatic rings. The molecule has 0 radical (unpaired) electrons. The van der Waals surface area contributed by atoms with Gasteiger partial charge in [0, 0.05) is 24.4 Å². The second kappa shape index (κ2) is 6.60. The van der Waals surface area contributed by atoms with Crippen LogP contribution in [0.5, 0.6) is 0 Å². The van der Waals surface area contributed by atoms with Gasteiger partial charge in [0.1, 0.15) is 0 Å². The molecular formula is C16H22N2O2S. The number of piperidine rings is 1. The van der Waals surface area contributed by atoms with Crippen LogP contribution < -0.4 is 0 Å². The first-order valence-electron chi connectivity index (χ1n) is 7.82. The maximum atomic E-state index is 12.6. The Hall–Kier alpha value is -1.36. The predicted molar refractivity (Wildman–Crippen MR) is 83.3 cm³/mol. The molecule has 0 saturated carbocycles. The van der Waals surface area contributed by atoms with E-state index in [1.165, 1.54) is 10.7 Å². The molecule has 21 heavy (non-hydrogen) atoms. The Kier molecular flexibility index (Phi) is 4.58. The first-order valence-corrected chi connectivity index (χ1v) is 8.70. The predicted octanol–water partition coefficient (Wildman–Crippen LogP) is 3.11. The highest BCUT2D eigenvalue weighted by Crippen LogP contribution is 2.30. The summed E-state index contributed by atoms with van der Waals surface area (Å²) in [4.78, 5) is 19.2. The van der Waals surface area contributed by atoms with E-state index in [0.717, 1.165) is 57.4 Å². The van der Waals surface area contributed by atoms with Gasteiger partial charge in [0.15, 0.2) is 0 Å². The minimum atomic E-state index is 0.159. The van der Waals surface area contributed by atoms with Crippen LogP contribution in [0.15, 0.2) is 17.2 Å². The number of aromatic nitrogens is 1. The van der Waals surface area contributed by atoms with E-state index >= 15 is 0 Å². The van der Waals surface area contributed by atoms with Crippen LogP contribution in [0, 0.1) is 0 Å². The van der Waals surface area contributed by atoms with Crippen LogP contribution >= 0.6 is 11.3 Å². The first kappa shape index (κ1) is 14.6. The SMILES string of the molecule is CCc1csc(C2CCCN(C(=O)C3=COCCC3)C2)n1. The number of carbonyl (C=O) groups is 1. The van der Waals surface area contributed by atoms with Crippen molar-refractivity contribution in [2.45, 2.75) is 44.9 Å². The summed E-state index contributed by atoms with van der Waals surface area (Å²) in [6.07, 6.45) is 6.63. The standard InChI is InChI=1S/C16H22N2O2S/c1-2-14-11-21-15(17-14)12-5-3-7-18(9-12)16(19)13-6-4-8-20-10-13/h10-12H,2-9H2,1H3. The minimum Gasteiger partial charge on any atom is -0.501 e. The zero-order chi connectivity index (χ0) is 14.7. The fourth-order valence-corrected chi connectivity index (χ4v) is 3.99. The van der Waals surface area contributed by atoms with E-state index in [2.05, 4.69) is 12.3 Å². The lowest BCUT2D eigenvalue weighted by molar-refractivity contribution is -0.128. The Morgan fingerprint density at radius 2 is 2.43 bits per heavy atom. The Bertz CT molecular complexity index is 538. The second-order valence-corrected chi connectivity index (χ2v) is 6.63. The molecule has 0 N–H and O–H groups in total. The van der Waals surface area contributed by atoms with Gasteiger partial charge in [-0.05, 0) is 32.1 Å². The van der Waals surface area contributed by atoms with Crippen LogP contribution in [0.25, 0.3) is 0 Å². The largest absolute Gasteiger partial charge is 0.501 e. The molecule has 2 aliphatic rings. The molecule has 1 saturated heterocycles. The van der Waals surface area contributed by atoms with Crippen molar-refractivity contribution in [3.63, 3.8) is 0 Å². The quantitative estimate of drug-likeness (QED) is 0.862. The minimum absolute atomic E-state index is 0.159. The molecule has 1 atom stereocenters. The zero-order valence-corrected chi connectivity index (χ0v) is 13.3. The van der Waals surface area contributed by atoms with E-state index in [1.54, 1.807) is 17.6 Å². The molecule has 0 aromatic carbocycles. The van der Waals surface area contributed by atoms with Crippen molar-refractivity contribution in [3.8, 4) is 0 Å². The number of hydrogen-bond donors (Lipinski definition) is 0. The summed E-state index contributed by atoms with van der Waals surface area (Å²) < 4.78 is 5.30. The smallest absolute Gasteiger partial charge is 0.252 e. The van der Waals surface area contributed by atoms with E-state index in [1.807, 2.05) is 4.90 Å². The van der Waals surface area contributed by atoms with E-state index < -0.39 is 0 Å². The molecule has 0 spiro atoms. The molecule has 5 heteroatoms. The Labute approximate surface area is 129 Å². The van der Waals surface area contributed by atoms with Gasteiger partial charge in [0.05, 0.1) is 29.1 Å². The lowest BCUT2D eigenvalue weighted by Gasteiger charge is -2.32. The number of rotatable bonds is 3.